The lowest BCUT2D eigenvalue weighted by Crippen LogP contribution is -2.34. The highest BCUT2D eigenvalue weighted by Crippen LogP contribution is 2.17. The van der Waals surface area contributed by atoms with Gasteiger partial charge in [0.05, 0.1) is 0 Å². The van der Waals surface area contributed by atoms with Gasteiger partial charge in [-0.2, -0.15) is 11.8 Å². The van der Waals surface area contributed by atoms with E-state index in [0.29, 0.717) is 0 Å². The first-order chi connectivity index (χ1) is 7.79. The molecule has 0 radical (unpaired) electrons. The fraction of sp³-hybridized carbons (Fsp3) is 1.00. The van der Waals surface area contributed by atoms with Crippen molar-refractivity contribution in [2.24, 2.45) is 5.92 Å². The molecule has 1 unspecified atom stereocenters. The Labute approximate surface area is 106 Å². The minimum atomic E-state index is 0.814. The van der Waals surface area contributed by atoms with Crippen molar-refractivity contribution in [2.75, 3.05) is 18.1 Å². The number of rotatable bonds is 8. The summed E-state index contributed by atoms with van der Waals surface area (Å²) in [5.41, 5.74) is 0. The van der Waals surface area contributed by atoms with Crippen molar-refractivity contribution in [3.8, 4) is 0 Å². The molecule has 1 rings (SSSR count). The molecule has 2 heteroatoms. The van der Waals surface area contributed by atoms with Crippen molar-refractivity contribution in [3.05, 3.63) is 0 Å². The van der Waals surface area contributed by atoms with Crippen LogP contribution in [0.25, 0.3) is 0 Å². The largest absolute Gasteiger partial charge is 0.313 e. The first kappa shape index (κ1) is 14.4. The Bertz CT molecular complexity index is 153. The number of nitrogens with one attached hydrogen (secondary N) is 1. The molecular weight excluding hydrogens is 214 g/mol. The molecule has 1 nitrogen and oxygen atoms in total. The average molecular weight is 243 g/mol. The van der Waals surface area contributed by atoms with Crippen molar-refractivity contribution in [1.82, 2.24) is 5.32 Å². The van der Waals surface area contributed by atoms with Crippen LogP contribution in [-0.2, 0) is 0 Å². The maximum atomic E-state index is 3.70. The van der Waals surface area contributed by atoms with Crippen molar-refractivity contribution in [2.45, 2.75) is 64.8 Å². The second-order valence-electron chi connectivity index (χ2n) is 5.46. The van der Waals surface area contributed by atoms with Crippen LogP contribution in [0, 0.1) is 5.92 Å². The van der Waals surface area contributed by atoms with Gasteiger partial charge in [0, 0.05) is 11.8 Å². The van der Waals surface area contributed by atoms with Crippen LogP contribution in [0.1, 0.15) is 58.8 Å². The van der Waals surface area contributed by atoms with Crippen molar-refractivity contribution >= 4 is 11.8 Å². The Morgan fingerprint density at radius 3 is 2.69 bits per heavy atom. The summed E-state index contributed by atoms with van der Waals surface area (Å²) in [4.78, 5) is 0. The molecule has 1 aliphatic rings. The predicted molar refractivity (Wildman–Crippen MR) is 76.3 cm³/mol. The summed E-state index contributed by atoms with van der Waals surface area (Å²) in [7, 11) is 0. The van der Waals surface area contributed by atoms with E-state index in [1.54, 1.807) is 0 Å². The summed E-state index contributed by atoms with van der Waals surface area (Å²) in [6.45, 7) is 5.89. The molecule has 0 saturated carbocycles. The number of thioether (sulfide) groups is 1. The number of unbranched alkanes of at least 4 members (excludes halogenated alkanes) is 3. The van der Waals surface area contributed by atoms with Crippen LogP contribution < -0.4 is 5.32 Å². The van der Waals surface area contributed by atoms with Gasteiger partial charge < -0.3 is 5.32 Å². The molecule has 1 aliphatic heterocycles. The molecule has 96 valence electrons. The van der Waals surface area contributed by atoms with Crippen LogP contribution >= 0.6 is 11.8 Å². The van der Waals surface area contributed by atoms with Crippen LogP contribution in [0.3, 0.4) is 0 Å². The molecule has 1 fully saturated rings. The van der Waals surface area contributed by atoms with Crippen LogP contribution in [0.2, 0.25) is 0 Å². The smallest absolute Gasteiger partial charge is 0.0158 e. The highest BCUT2D eigenvalue weighted by molar-refractivity contribution is 7.99. The first-order valence-electron chi connectivity index (χ1n) is 7.10. The van der Waals surface area contributed by atoms with Gasteiger partial charge in [0.1, 0.15) is 0 Å². The fourth-order valence-corrected chi connectivity index (χ4v) is 3.35. The third kappa shape index (κ3) is 7.56. The molecule has 0 amide bonds. The topological polar surface area (TPSA) is 12.0 Å². The standard InChI is InChI=1S/C14H29NS/c1-13(2)8-5-3-4-6-10-15-14-9-7-11-16-12-14/h13-15H,3-12H2,1-2H3. The summed E-state index contributed by atoms with van der Waals surface area (Å²) >= 11 is 2.12. The maximum absolute atomic E-state index is 3.70. The summed E-state index contributed by atoms with van der Waals surface area (Å²) in [5.74, 6) is 3.61. The highest BCUT2D eigenvalue weighted by Gasteiger charge is 2.11. The van der Waals surface area contributed by atoms with E-state index in [2.05, 4.69) is 30.9 Å². The second-order valence-corrected chi connectivity index (χ2v) is 6.61. The molecule has 0 aromatic rings. The second kappa shape index (κ2) is 9.35. The lowest BCUT2D eigenvalue weighted by atomic mass is 10.0. The molecule has 0 bridgehead atoms. The molecule has 1 N–H and O–H groups in total. The summed E-state index contributed by atoms with van der Waals surface area (Å²) in [6.07, 6.45) is 9.87. The Morgan fingerprint density at radius 1 is 1.19 bits per heavy atom. The zero-order valence-electron chi connectivity index (χ0n) is 11.1. The van der Waals surface area contributed by atoms with E-state index in [0.717, 1.165) is 12.0 Å². The van der Waals surface area contributed by atoms with Crippen LogP contribution in [-0.4, -0.2) is 24.1 Å². The Hall–Kier alpha value is 0.310. The quantitative estimate of drug-likeness (QED) is 0.645. The molecular formula is C14H29NS. The van der Waals surface area contributed by atoms with Gasteiger partial charge in [-0.05, 0) is 37.5 Å². The normalized spacial score (nSPS) is 21.6. The minimum Gasteiger partial charge on any atom is -0.313 e. The molecule has 1 heterocycles. The lowest BCUT2D eigenvalue weighted by Gasteiger charge is -2.22. The first-order valence-corrected chi connectivity index (χ1v) is 8.25. The highest BCUT2D eigenvalue weighted by atomic mass is 32.2. The van der Waals surface area contributed by atoms with Crippen LogP contribution in [0.15, 0.2) is 0 Å². The SMILES string of the molecule is CC(C)CCCCCCNC1CCCSC1. The monoisotopic (exact) mass is 243 g/mol. The Morgan fingerprint density at radius 2 is 2.00 bits per heavy atom. The van der Waals surface area contributed by atoms with Gasteiger partial charge >= 0.3 is 0 Å². The summed E-state index contributed by atoms with van der Waals surface area (Å²) in [5, 5.41) is 3.70. The zero-order valence-corrected chi connectivity index (χ0v) is 12.0. The van der Waals surface area contributed by atoms with Crippen molar-refractivity contribution in [3.63, 3.8) is 0 Å². The van der Waals surface area contributed by atoms with E-state index in [1.165, 1.54) is 63.0 Å². The van der Waals surface area contributed by atoms with Gasteiger partial charge in [-0.15, -0.1) is 0 Å². The van der Waals surface area contributed by atoms with E-state index < -0.39 is 0 Å². The van der Waals surface area contributed by atoms with Gasteiger partial charge in [0.15, 0.2) is 0 Å². The molecule has 16 heavy (non-hydrogen) atoms. The molecule has 1 atom stereocenters. The van der Waals surface area contributed by atoms with E-state index in [9.17, 15) is 0 Å². The maximum Gasteiger partial charge on any atom is 0.0158 e. The molecule has 0 aliphatic carbocycles. The molecule has 0 spiro atoms. The van der Waals surface area contributed by atoms with E-state index >= 15 is 0 Å². The van der Waals surface area contributed by atoms with Crippen LogP contribution in [0.4, 0.5) is 0 Å². The average Bonchev–Trinajstić information content (AvgIpc) is 2.29. The summed E-state index contributed by atoms with van der Waals surface area (Å²) in [6, 6.07) is 0.814. The van der Waals surface area contributed by atoms with Gasteiger partial charge in [-0.3, -0.25) is 0 Å². The van der Waals surface area contributed by atoms with E-state index in [4.69, 9.17) is 0 Å². The third-order valence-electron chi connectivity index (χ3n) is 3.30. The zero-order chi connectivity index (χ0) is 11.6. The van der Waals surface area contributed by atoms with Crippen LogP contribution in [0.5, 0.6) is 0 Å². The lowest BCUT2D eigenvalue weighted by molar-refractivity contribution is 0.477. The Balaban J connectivity index is 1.80. The number of hydrogen-bond donors (Lipinski definition) is 1. The minimum absolute atomic E-state index is 0.814. The van der Waals surface area contributed by atoms with Crippen molar-refractivity contribution in [1.29, 1.82) is 0 Å². The van der Waals surface area contributed by atoms with Gasteiger partial charge in [-0.1, -0.05) is 39.5 Å². The molecule has 0 aromatic carbocycles. The van der Waals surface area contributed by atoms with E-state index in [1.807, 2.05) is 0 Å². The predicted octanol–water partition coefficient (Wildman–Crippen LogP) is 4.08. The number of hydrogen-bond acceptors (Lipinski definition) is 2. The van der Waals surface area contributed by atoms with Gasteiger partial charge in [-0.25, -0.2) is 0 Å². The molecule has 0 aromatic heterocycles. The van der Waals surface area contributed by atoms with E-state index in [-0.39, 0.29) is 0 Å². The Kier molecular flexibility index (Phi) is 8.40. The van der Waals surface area contributed by atoms with Gasteiger partial charge in [0.25, 0.3) is 0 Å². The molecule has 1 saturated heterocycles. The third-order valence-corrected chi connectivity index (χ3v) is 4.52. The fourth-order valence-electron chi connectivity index (χ4n) is 2.24. The van der Waals surface area contributed by atoms with Crippen molar-refractivity contribution < 1.29 is 0 Å². The summed E-state index contributed by atoms with van der Waals surface area (Å²) < 4.78 is 0. The van der Waals surface area contributed by atoms with Gasteiger partial charge in [0.2, 0.25) is 0 Å².